The zero-order chi connectivity index (χ0) is 7.28. The van der Waals surface area contributed by atoms with Crippen LogP contribution in [-0.4, -0.2) is 27.0 Å². The summed E-state index contributed by atoms with van der Waals surface area (Å²) in [5, 5.41) is 0. The van der Waals surface area contributed by atoms with Gasteiger partial charge in [0.2, 0.25) is 11.3 Å². The molecule has 0 radical (unpaired) electrons. The average Bonchev–Trinajstić information content (AvgIpc) is 1.83. The lowest BCUT2D eigenvalue weighted by Gasteiger charge is -1.93. The Morgan fingerprint density at radius 3 is 2.67 bits per heavy atom. The molecule has 0 aromatic carbocycles. The van der Waals surface area contributed by atoms with Gasteiger partial charge < -0.3 is 0 Å². The predicted molar refractivity (Wildman–Crippen MR) is 34.5 cm³/mol. The molecule has 0 heterocycles. The summed E-state index contributed by atoms with van der Waals surface area (Å²) in [5.41, 5.74) is 0. The normalized spacial score (nSPS) is 13.1. The molecule has 0 saturated carbocycles. The third kappa shape index (κ3) is 5.91. The number of hydrogen-bond donors (Lipinski definition) is 2. The van der Waals surface area contributed by atoms with Crippen molar-refractivity contribution in [2.75, 3.05) is 12.4 Å². The maximum absolute atomic E-state index is 10.3. The third-order valence-electron chi connectivity index (χ3n) is 0.542. The van der Waals surface area contributed by atoms with Crippen LogP contribution in [-0.2, 0) is 16.1 Å². The molecule has 0 fully saturated rings. The molecule has 6 heteroatoms. The van der Waals surface area contributed by atoms with Gasteiger partial charge in [0, 0.05) is 0 Å². The van der Waals surface area contributed by atoms with Gasteiger partial charge in [-0.2, -0.15) is 0 Å². The minimum absolute atomic E-state index is 0.135. The van der Waals surface area contributed by atoms with Crippen LogP contribution in [0.4, 0.5) is 0 Å². The second kappa shape index (κ2) is 4.87. The summed E-state index contributed by atoms with van der Waals surface area (Å²) >= 11 is 2.95. The monoisotopic (exact) mass is 171 g/mol. The Hall–Kier alpha value is 0.0300. The van der Waals surface area contributed by atoms with Gasteiger partial charge in [-0.25, -0.2) is 8.93 Å². The number of halogens is 1. The first-order chi connectivity index (χ1) is 4.16. The van der Waals surface area contributed by atoms with Crippen LogP contribution in [0.2, 0.25) is 0 Å². The number of hydrogen-bond acceptors (Lipinski definition) is 2. The van der Waals surface area contributed by atoms with Gasteiger partial charge >= 0.3 is 0 Å². The van der Waals surface area contributed by atoms with Crippen LogP contribution in [0.1, 0.15) is 0 Å². The van der Waals surface area contributed by atoms with Crippen molar-refractivity contribution in [2.45, 2.75) is 0 Å². The fraction of sp³-hybridized carbons (Fsp3) is 0.667. The Labute approximate surface area is 60.0 Å². The highest BCUT2D eigenvalue weighted by atomic mass is 35.5. The van der Waals surface area contributed by atoms with E-state index in [4.69, 9.17) is 16.2 Å². The maximum atomic E-state index is 10.3. The summed E-state index contributed by atoms with van der Waals surface area (Å²) in [6.07, 6.45) is 0. The fourth-order valence-electron chi connectivity index (χ4n) is 0.189. The molecule has 1 unspecified atom stereocenters. The second-order valence-corrected chi connectivity index (χ2v) is 2.30. The summed E-state index contributed by atoms with van der Waals surface area (Å²) in [6.45, 7) is -0.160. The average molecular weight is 172 g/mol. The van der Waals surface area contributed by atoms with Gasteiger partial charge in [0.05, 0.1) is 12.4 Å². The lowest BCUT2D eigenvalue weighted by molar-refractivity contribution is -0.115. The Morgan fingerprint density at radius 1 is 1.78 bits per heavy atom. The van der Waals surface area contributed by atoms with E-state index < -0.39 is 11.3 Å². The number of nitrogens with one attached hydrogen (secondary N) is 1. The van der Waals surface area contributed by atoms with E-state index >= 15 is 0 Å². The molecule has 0 bridgehead atoms. The molecule has 4 nitrogen and oxygen atoms in total. The van der Waals surface area contributed by atoms with Crippen molar-refractivity contribution in [3.05, 3.63) is 0 Å². The third-order valence-corrected chi connectivity index (χ3v) is 1.23. The van der Waals surface area contributed by atoms with Gasteiger partial charge in [0.25, 0.3) is 0 Å². The van der Waals surface area contributed by atoms with Crippen LogP contribution in [0.3, 0.4) is 0 Å². The highest BCUT2D eigenvalue weighted by Gasteiger charge is 1.98. The van der Waals surface area contributed by atoms with Crippen molar-refractivity contribution in [3.63, 3.8) is 0 Å². The molecule has 9 heavy (non-hydrogen) atoms. The van der Waals surface area contributed by atoms with Gasteiger partial charge in [0.1, 0.15) is 0 Å². The smallest absolute Gasteiger partial charge is 0.232 e. The highest BCUT2D eigenvalue weighted by Crippen LogP contribution is 1.76. The van der Waals surface area contributed by atoms with Crippen LogP contribution in [0, 0.1) is 0 Å². The summed E-state index contributed by atoms with van der Waals surface area (Å²) in [5.74, 6) is -0.441. The summed E-state index contributed by atoms with van der Waals surface area (Å²) in [6, 6.07) is 0. The van der Waals surface area contributed by atoms with E-state index in [9.17, 15) is 9.00 Å². The molecule has 54 valence electrons. The molecule has 0 rings (SSSR count). The molecule has 0 aliphatic rings. The van der Waals surface area contributed by atoms with Crippen molar-refractivity contribution in [1.82, 2.24) is 4.72 Å². The van der Waals surface area contributed by atoms with Crippen molar-refractivity contribution in [3.8, 4) is 0 Å². The van der Waals surface area contributed by atoms with Crippen LogP contribution < -0.4 is 4.72 Å². The van der Waals surface area contributed by atoms with Crippen molar-refractivity contribution >= 4 is 28.7 Å². The van der Waals surface area contributed by atoms with Crippen LogP contribution in [0.5, 0.6) is 0 Å². The summed E-state index contributed by atoms with van der Waals surface area (Å²) in [4.78, 5) is 10.3. The van der Waals surface area contributed by atoms with E-state index in [1.54, 1.807) is 0 Å². The molecule has 0 aromatic rings. The van der Waals surface area contributed by atoms with Crippen molar-refractivity contribution in [2.24, 2.45) is 0 Å². The lowest BCUT2D eigenvalue weighted by atomic mass is 10.5. The van der Waals surface area contributed by atoms with Gasteiger partial charge in [0.15, 0.2) is 5.78 Å². The van der Waals surface area contributed by atoms with Gasteiger partial charge in [-0.15, -0.1) is 11.6 Å². The van der Waals surface area contributed by atoms with Gasteiger partial charge in [-0.05, 0) is 0 Å². The van der Waals surface area contributed by atoms with Crippen LogP contribution in [0.15, 0.2) is 0 Å². The Morgan fingerprint density at radius 2 is 2.33 bits per heavy atom. The number of alkyl halides is 1. The molecular weight excluding hydrogens is 166 g/mol. The van der Waals surface area contributed by atoms with E-state index in [2.05, 4.69) is 0 Å². The molecule has 1 atom stereocenters. The number of Topliss-reactive ketones (excluding diaryl/α,β-unsaturated/α-hetero) is 1. The van der Waals surface area contributed by atoms with E-state index in [0.29, 0.717) is 0 Å². The van der Waals surface area contributed by atoms with E-state index in [-0.39, 0.29) is 18.2 Å². The maximum Gasteiger partial charge on any atom is 0.232 e. The molecule has 2 N–H and O–H groups in total. The first kappa shape index (κ1) is 9.03. The van der Waals surface area contributed by atoms with E-state index in [1.807, 2.05) is 4.72 Å². The number of carbonyl (C=O) groups excluding carboxylic acids is 1. The second-order valence-electron chi connectivity index (χ2n) is 1.24. The molecule has 0 saturated heterocycles. The molecule has 0 spiro atoms. The molecular formula is C3H6ClNO3S. The van der Waals surface area contributed by atoms with E-state index in [1.165, 1.54) is 0 Å². The van der Waals surface area contributed by atoms with Gasteiger partial charge in [-0.1, -0.05) is 0 Å². The fourth-order valence-corrected chi connectivity index (χ4v) is 0.568. The molecule has 0 aliphatic carbocycles. The number of ketones is 1. The first-order valence-corrected chi connectivity index (χ1v) is 3.73. The zero-order valence-electron chi connectivity index (χ0n) is 4.46. The first-order valence-electron chi connectivity index (χ1n) is 2.09. The molecule has 0 aliphatic heterocycles. The minimum atomic E-state index is -2.12. The van der Waals surface area contributed by atoms with Crippen molar-refractivity contribution < 1.29 is 13.6 Å². The summed E-state index contributed by atoms with van der Waals surface area (Å²) < 4.78 is 19.9. The number of carbonyl (C=O) groups is 1. The SMILES string of the molecule is O=C(CCl)CNS(=O)O. The number of rotatable bonds is 4. The quantitative estimate of drug-likeness (QED) is 0.444. The highest BCUT2D eigenvalue weighted by molar-refractivity contribution is 7.77. The Bertz CT molecular complexity index is 128. The van der Waals surface area contributed by atoms with Crippen LogP contribution in [0.25, 0.3) is 0 Å². The topological polar surface area (TPSA) is 66.4 Å². The standard InChI is InChI=1S/C3H6ClNO3S/c4-1-3(6)2-5-9(7)8/h5H,1-2H2,(H,7,8). The molecule has 0 aromatic heterocycles. The summed E-state index contributed by atoms with van der Waals surface area (Å²) in [7, 11) is 0. The largest absolute Gasteiger partial charge is 0.297 e. The minimum Gasteiger partial charge on any atom is -0.297 e. The lowest BCUT2D eigenvalue weighted by Crippen LogP contribution is -2.25. The predicted octanol–water partition coefficient (Wildman–Crippen LogP) is -0.479. The van der Waals surface area contributed by atoms with E-state index in [0.717, 1.165) is 0 Å². The Kier molecular flexibility index (Phi) is 4.88. The Balaban J connectivity index is 3.28. The van der Waals surface area contributed by atoms with Gasteiger partial charge in [-0.3, -0.25) is 9.35 Å². The zero-order valence-corrected chi connectivity index (χ0v) is 6.04. The van der Waals surface area contributed by atoms with Crippen LogP contribution >= 0.6 is 11.6 Å². The van der Waals surface area contributed by atoms with Crippen molar-refractivity contribution in [1.29, 1.82) is 0 Å². The molecule has 0 amide bonds.